The number of amides is 2. The van der Waals surface area contributed by atoms with Crippen molar-refractivity contribution in [2.75, 3.05) is 0 Å². The van der Waals surface area contributed by atoms with E-state index in [1.807, 2.05) is 0 Å². The first-order chi connectivity index (χ1) is 9.93. The first-order valence-corrected chi connectivity index (χ1v) is 7.66. The van der Waals surface area contributed by atoms with Crippen LogP contribution in [0.4, 0.5) is 0 Å². The summed E-state index contributed by atoms with van der Waals surface area (Å²) in [4.78, 5) is 24.5. The fourth-order valence-corrected chi connectivity index (χ4v) is 3.75. The second-order valence-corrected chi connectivity index (χ2v) is 6.50. The molecule has 0 bridgehead atoms. The van der Waals surface area contributed by atoms with Crippen LogP contribution in [0.5, 0.6) is 0 Å². The third-order valence-electron chi connectivity index (χ3n) is 3.27. The molecule has 3 rings (SSSR count). The lowest BCUT2D eigenvalue weighted by atomic mass is 10.1. The molecular weight excluding hydrogens is 290 g/mol. The molecule has 0 saturated heterocycles. The van der Waals surface area contributed by atoms with E-state index in [9.17, 15) is 18.0 Å². The number of carbonyl (C=O) groups is 2. The molecule has 0 radical (unpaired) electrons. The fourth-order valence-electron chi connectivity index (χ4n) is 2.25. The van der Waals surface area contributed by atoms with Crippen LogP contribution >= 0.6 is 0 Å². The van der Waals surface area contributed by atoms with Gasteiger partial charge in [0.15, 0.2) is 0 Å². The minimum Gasteiger partial charge on any atom is -0.267 e. The number of sulfonamides is 1. The largest absolute Gasteiger partial charge is 0.276 e. The highest BCUT2D eigenvalue weighted by Gasteiger charge is 2.45. The topological polar surface area (TPSA) is 71.5 Å². The minimum absolute atomic E-state index is 0.0410. The Morgan fingerprint density at radius 3 is 2.38 bits per heavy atom. The predicted octanol–water partition coefficient (Wildman–Crippen LogP) is 1.98. The van der Waals surface area contributed by atoms with Crippen LogP contribution in [0.15, 0.2) is 53.4 Å². The molecule has 1 aliphatic heterocycles. The van der Waals surface area contributed by atoms with E-state index in [-0.39, 0.29) is 16.0 Å². The van der Waals surface area contributed by atoms with Crippen molar-refractivity contribution in [2.45, 2.75) is 11.8 Å². The number of carbonyl (C=O) groups excluding carboxylic acids is 2. The van der Waals surface area contributed by atoms with Crippen molar-refractivity contribution < 1.29 is 18.0 Å². The average molecular weight is 301 g/mol. The van der Waals surface area contributed by atoms with E-state index < -0.39 is 21.8 Å². The first kappa shape index (κ1) is 13.5. The Morgan fingerprint density at radius 2 is 1.71 bits per heavy atom. The molecule has 2 aromatic rings. The molecule has 5 nitrogen and oxygen atoms in total. The van der Waals surface area contributed by atoms with Gasteiger partial charge >= 0.3 is 0 Å². The molecule has 6 heteroatoms. The van der Waals surface area contributed by atoms with E-state index in [4.69, 9.17) is 0 Å². The van der Waals surface area contributed by atoms with Gasteiger partial charge in [0.1, 0.15) is 4.90 Å². The molecule has 0 fully saturated rings. The summed E-state index contributed by atoms with van der Waals surface area (Å²) in [6.45, 7) is 1.75. The number of aryl methyl sites for hydroxylation is 1. The normalized spacial score (nSPS) is 15.9. The van der Waals surface area contributed by atoms with Gasteiger partial charge in [-0.05, 0) is 31.2 Å². The van der Waals surface area contributed by atoms with Crippen molar-refractivity contribution in [3.05, 3.63) is 65.2 Å². The van der Waals surface area contributed by atoms with Gasteiger partial charge in [-0.1, -0.05) is 29.8 Å². The Labute approximate surface area is 121 Å². The highest BCUT2D eigenvalue weighted by molar-refractivity contribution is 7.90. The van der Waals surface area contributed by atoms with Gasteiger partial charge < -0.3 is 0 Å². The number of fused-ring (bicyclic) bond motifs is 1. The van der Waals surface area contributed by atoms with E-state index >= 15 is 0 Å². The summed E-state index contributed by atoms with van der Waals surface area (Å²) < 4.78 is 25.1. The quantitative estimate of drug-likeness (QED) is 0.755. The summed E-state index contributed by atoms with van der Waals surface area (Å²) in [7, 11) is -4.13. The number of benzene rings is 2. The molecule has 0 unspecified atom stereocenters. The summed E-state index contributed by atoms with van der Waals surface area (Å²) in [6, 6.07) is 12.3. The summed E-state index contributed by atoms with van der Waals surface area (Å²) in [5, 5.41) is 0. The monoisotopic (exact) mass is 301 g/mol. The highest BCUT2D eigenvalue weighted by atomic mass is 32.2. The zero-order chi connectivity index (χ0) is 15.2. The van der Waals surface area contributed by atoms with Crippen LogP contribution in [-0.2, 0) is 10.0 Å². The molecule has 2 aromatic carbocycles. The lowest BCUT2D eigenvalue weighted by molar-refractivity contribution is 0.0739. The molecule has 1 aliphatic rings. The van der Waals surface area contributed by atoms with Gasteiger partial charge in [-0.3, -0.25) is 9.59 Å². The van der Waals surface area contributed by atoms with Crippen LogP contribution < -0.4 is 0 Å². The molecule has 0 atom stereocenters. The molecule has 1 heterocycles. The van der Waals surface area contributed by atoms with Gasteiger partial charge in [0.2, 0.25) is 0 Å². The molecule has 0 aromatic heterocycles. The Morgan fingerprint density at radius 1 is 1.05 bits per heavy atom. The molecular formula is C15H11NO4S. The van der Waals surface area contributed by atoms with E-state index in [0.717, 1.165) is 5.56 Å². The van der Waals surface area contributed by atoms with Gasteiger partial charge in [-0.25, -0.2) is 8.42 Å². The molecule has 0 saturated carbocycles. The van der Waals surface area contributed by atoms with Crippen LogP contribution in [0.25, 0.3) is 0 Å². The zero-order valence-corrected chi connectivity index (χ0v) is 11.9. The lowest BCUT2D eigenvalue weighted by Gasteiger charge is -2.12. The lowest BCUT2D eigenvalue weighted by Crippen LogP contribution is -2.36. The van der Waals surface area contributed by atoms with Crippen LogP contribution in [0.3, 0.4) is 0 Å². The summed E-state index contributed by atoms with van der Waals surface area (Å²) in [5.74, 6) is -1.64. The van der Waals surface area contributed by atoms with Gasteiger partial charge in [0.05, 0.1) is 5.56 Å². The van der Waals surface area contributed by atoms with Gasteiger partial charge in [-0.15, -0.1) is 0 Å². The maximum atomic E-state index is 12.4. The van der Waals surface area contributed by atoms with Gasteiger partial charge in [-0.2, -0.15) is 4.31 Å². The van der Waals surface area contributed by atoms with Gasteiger partial charge in [0, 0.05) is 5.56 Å². The number of nitrogens with zero attached hydrogens (tertiary/aromatic N) is 1. The van der Waals surface area contributed by atoms with E-state index in [1.165, 1.54) is 24.3 Å². The zero-order valence-electron chi connectivity index (χ0n) is 11.1. The second-order valence-electron chi connectivity index (χ2n) is 4.75. The third kappa shape index (κ3) is 1.95. The Bertz CT molecular complexity index is 856. The van der Waals surface area contributed by atoms with Crippen LogP contribution in [0, 0.1) is 6.92 Å². The number of hydrogen-bond acceptors (Lipinski definition) is 4. The molecule has 0 N–H and O–H groups in total. The van der Waals surface area contributed by atoms with E-state index in [2.05, 4.69) is 0 Å². The van der Waals surface area contributed by atoms with Crippen molar-refractivity contribution in [3.8, 4) is 0 Å². The second kappa shape index (κ2) is 4.53. The van der Waals surface area contributed by atoms with Crippen molar-refractivity contribution in [1.29, 1.82) is 0 Å². The predicted molar refractivity (Wildman–Crippen MR) is 75.3 cm³/mol. The fraction of sp³-hybridized carbons (Fsp3) is 0.0667. The molecule has 21 heavy (non-hydrogen) atoms. The maximum absolute atomic E-state index is 12.4. The number of hydrogen-bond donors (Lipinski definition) is 0. The van der Waals surface area contributed by atoms with Crippen molar-refractivity contribution >= 4 is 21.8 Å². The third-order valence-corrected chi connectivity index (χ3v) is 5.00. The highest BCUT2D eigenvalue weighted by Crippen LogP contribution is 2.32. The molecule has 106 valence electrons. The van der Waals surface area contributed by atoms with Crippen molar-refractivity contribution in [2.24, 2.45) is 0 Å². The summed E-state index contributed by atoms with van der Waals surface area (Å²) in [6.07, 6.45) is 0. The van der Waals surface area contributed by atoms with Crippen LogP contribution in [0.2, 0.25) is 0 Å². The summed E-state index contributed by atoms with van der Waals surface area (Å²) >= 11 is 0. The smallest absolute Gasteiger partial charge is 0.267 e. The minimum atomic E-state index is -4.13. The Balaban J connectivity index is 2.15. The maximum Gasteiger partial charge on any atom is 0.276 e. The van der Waals surface area contributed by atoms with Crippen LogP contribution in [-0.4, -0.2) is 24.5 Å². The Hall–Kier alpha value is -2.47. The summed E-state index contributed by atoms with van der Waals surface area (Å²) in [5.41, 5.74) is 0.949. The van der Waals surface area contributed by atoms with Crippen molar-refractivity contribution in [1.82, 2.24) is 4.31 Å². The first-order valence-electron chi connectivity index (χ1n) is 6.22. The van der Waals surface area contributed by atoms with Crippen LogP contribution in [0.1, 0.15) is 26.3 Å². The van der Waals surface area contributed by atoms with Gasteiger partial charge in [0.25, 0.3) is 21.8 Å². The molecule has 2 amide bonds. The number of rotatable bonds is 1. The standard InChI is InChI=1S/C15H11NO4S/c1-10-7-8-13-12(9-10)15(18)16(21(13,19)20)14(17)11-5-3-2-4-6-11/h2-9H,1H3. The number of imide groups is 1. The average Bonchev–Trinajstić information content (AvgIpc) is 2.66. The van der Waals surface area contributed by atoms with E-state index in [1.54, 1.807) is 31.2 Å². The molecule has 0 aliphatic carbocycles. The Kier molecular flexibility index (Phi) is 2.91. The van der Waals surface area contributed by atoms with E-state index in [0.29, 0.717) is 4.31 Å². The molecule has 0 spiro atoms. The SMILES string of the molecule is Cc1ccc2c(c1)C(=O)N(C(=O)c1ccccc1)S2(=O)=O. The van der Waals surface area contributed by atoms with Crippen molar-refractivity contribution in [3.63, 3.8) is 0 Å².